The molecule has 2 aromatic heterocycles. The molecule has 0 spiro atoms. The molecule has 1 aliphatic rings. The van der Waals surface area contributed by atoms with Crippen molar-refractivity contribution in [1.29, 1.82) is 0 Å². The monoisotopic (exact) mass is 352 g/mol. The molecule has 1 fully saturated rings. The molecule has 0 aliphatic carbocycles. The Hall–Kier alpha value is -2.71. The molecule has 3 heterocycles. The molecule has 132 valence electrons. The van der Waals surface area contributed by atoms with Gasteiger partial charge in [-0.3, -0.25) is 9.78 Å². The Bertz CT molecular complexity index is 722. The Balaban J connectivity index is 1.65. The third kappa shape index (κ3) is 4.23. The Morgan fingerprint density at radius 1 is 1.28 bits per heavy atom. The molecule has 1 saturated heterocycles. The van der Waals surface area contributed by atoms with Crippen LogP contribution in [0.2, 0.25) is 0 Å². The second kappa shape index (κ2) is 7.04. The normalized spacial score (nSPS) is 18.0. The van der Waals surface area contributed by atoms with Gasteiger partial charge in [0.2, 0.25) is 5.88 Å². The molecule has 1 amide bonds. The second-order valence-corrected chi connectivity index (χ2v) is 5.63. The SMILES string of the molecule is O=C(c1ccc(C(F)(F)F)nc1)N1CCCC(Oc2cccnn2)C1. The summed E-state index contributed by atoms with van der Waals surface area (Å²) in [6.45, 7) is 0.844. The van der Waals surface area contributed by atoms with Crippen LogP contribution in [0.1, 0.15) is 28.9 Å². The van der Waals surface area contributed by atoms with E-state index in [1.54, 1.807) is 17.0 Å². The molecular formula is C16H15F3N4O2. The van der Waals surface area contributed by atoms with E-state index in [-0.39, 0.29) is 17.6 Å². The van der Waals surface area contributed by atoms with Crippen LogP contribution in [0.15, 0.2) is 36.7 Å². The van der Waals surface area contributed by atoms with E-state index in [0.717, 1.165) is 31.2 Å². The summed E-state index contributed by atoms with van der Waals surface area (Å²) in [5, 5.41) is 7.57. The maximum Gasteiger partial charge on any atom is 0.433 e. The summed E-state index contributed by atoms with van der Waals surface area (Å²) in [4.78, 5) is 17.4. The zero-order valence-electron chi connectivity index (χ0n) is 13.1. The Morgan fingerprint density at radius 3 is 2.76 bits per heavy atom. The summed E-state index contributed by atoms with van der Waals surface area (Å²) in [6, 6.07) is 5.32. The molecule has 1 unspecified atom stereocenters. The van der Waals surface area contributed by atoms with Gasteiger partial charge in [-0.15, -0.1) is 5.10 Å². The Morgan fingerprint density at radius 2 is 2.12 bits per heavy atom. The number of rotatable bonds is 3. The molecule has 2 aromatic rings. The highest BCUT2D eigenvalue weighted by molar-refractivity contribution is 5.94. The largest absolute Gasteiger partial charge is 0.471 e. The molecule has 9 heteroatoms. The zero-order chi connectivity index (χ0) is 17.9. The van der Waals surface area contributed by atoms with E-state index in [4.69, 9.17) is 4.74 Å². The van der Waals surface area contributed by atoms with Crippen molar-refractivity contribution in [3.8, 4) is 5.88 Å². The average molecular weight is 352 g/mol. The van der Waals surface area contributed by atoms with Crippen LogP contribution in [0.5, 0.6) is 5.88 Å². The van der Waals surface area contributed by atoms with Crippen molar-refractivity contribution in [3.63, 3.8) is 0 Å². The van der Waals surface area contributed by atoms with Gasteiger partial charge in [-0.1, -0.05) is 0 Å². The first-order chi connectivity index (χ1) is 11.9. The predicted molar refractivity (Wildman–Crippen MR) is 80.8 cm³/mol. The van der Waals surface area contributed by atoms with Gasteiger partial charge in [0.05, 0.1) is 12.1 Å². The van der Waals surface area contributed by atoms with E-state index in [0.29, 0.717) is 19.0 Å². The molecule has 0 bridgehead atoms. The van der Waals surface area contributed by atoms with Gasteiger partial charge < -0.3 is 9.64 Å². The lowest BCUT2D eigenvalue weighted by Gasteiger charge is -2.32. The lowest BCUT2D eigenvalue weighted by atomic mass is 10.1. The van der Waals surface area contributed by atoms with Crippen LogP contribution in [0, 0.1) is 0 Å². The fourth-order valence-electron chi connectivity index (χ4n) is 2.61. The third-order valence-corrected chi connectivity index (χ3v) is 3.80. The topological polar surface area (TPSA) is 68.2 Å². The highest BCUT2D eigenvalue weighted by atomic mass is 19.4. The van der Waals surface area contributed by atoms with Crippen LogP contribution in [-0.2, 0) is 6.18 Å². The highest BCUT2D eigenvalue weighted by Gasteiger charge is 2.33. The smallest absolute Gasteiger partial charge is 0.433 e. The van der Waals surface area contributed by atoms with Gasteiger partial charge in [0.15, 0.2) is 0 Å². The van der Waals surface area contributed by atoms with Crippen LogP contribution in [0.3, 0.4) is 0 Å². The summed E-state index contributed by atoms with van der Waals surface area (Å²) in [5.74, 6) is 0.00617. The molecule has 3 rings (SSSR count). The van der Waals surface area contributed by atoms with Gasteiger partial charge in [0.25, 0.3) is 5.91 Å². The first-order valence-electron chi connectivity index (χ1n) is 7.70. The Labute approximate surface area is 141 Å². The number of aromatic nitrogens is 3. The average Bonchev–Trinajstić information content (AvgIpc) is 2.61. The summed E-state index contributed by atoms with van der Waals surface area (Å²) >= 11 is 0. The number of likely N-dealkylation sites (tertiary alicyclic amines) is 1. The fourth-order valence-corrected chi connectivity index (χ4v) is 2.61. The third-order valence-electron chi connectivity index (χ3n) is 3.80. The first kappa shape index (κ1) is 17.1. The van der Waals surface area contributed by atoms with E-state index in [1.807, 2.05) is 0 Å². The number of carbonyl (C=O) groups is 1. The minimum atomic E-state index is -4.53. The number of amides is 1. The first-order valence-corrected chi connectivity index (χ1v) is 7.70. The van der Waals surface area contributed by atoms with Gasteiger partial charge in [-0.2, -0.15) is 18.3 Å². The molecule has 6 nitrogen and oxygen atoms in total. The van der Waals surface area contributed by atoms with Crippen molar-refractivity contribution in [2.75, 3.05) is 13.1 Å². The standard InChI is InChI=1S/C16H15F3N4O2/c17-16(18,19)13-6-5-11(9-20-13)15(24)23-8-2-3-12(10-23)25-14-4-1-7-21-22-14/h1,4-7,9,12H,2-3,8,10H2. The number of piperidine rings is 1. The minimum absolute atomic E-state index is 0.119. The summed E-state index contributed by atoms with van der Waals surface area (Å²) in [6.07, 6.45) is -0.796. The lowest BCUT2D eigenvalue weighted by molar-refractivity contribution is -0.141. The predicted octanol–water partition coefficient (Wildman–Crippen LogP) is 2.57. The summed E-state index contributed by atoms with van der Waals surface area (Å²) < 4.78 is 43.3. The van der Waals surface area contributed by atoms with Crippen molar-refractivity contribution in [2.45, 2.75) is 25.1 Å². The Kier molecular flexibility index (Phi) is 4.82. The molecular weight excluding hydrogens is 337 g/mol. The summed E-state index contributed by atoms with van der Waals surface area (Å²) in [5.41, 5.74) is -0.903. The van der Waals surface area contributed by atoms with Crippen LogP contribution in [0.25, 0.3) is 0 Å². The van der Waals surface area contributed by atoms with E-state index in [2.05, 4.69) is 15.2 Å². The minimum Gasteiger partial charge on any atom is -0.471 e. The molecule has 1 atom stereocenters. The number of ether oxygens (including phenoxy) is 1. The number of alkyl halides is 3. The number of nitrogens with zero attached hydrogens (tertiary/aromatic N) is 4. The van der Waals surface area contributed by atoms with Crippen molar-refractivity contribution < 1.29 is 22.7 Å². The van der Waals surface area contributed by atoms with E-state index >= 15 is 0 Å². The van der Waals surface area contributed by atoms with Crippen LogP contribution in [-0.4, -0.2) is 45.2 Å². The number of pyridine rings is 1. The van der Waals surface area contributed by atoms with Crippen LogP contribution >= 0.6 is 0 Å². The quantitative estimate of drug-likeness (QED) is 0.849. The van der Waals surface area contributed by atoms with Gasteiger partial charge in [0.1, 0.15) is 11.8 Å². The molecule has 0 saturated carbocycles. The van der Waals surface area contributed by atoms with Crippen molar-refractivity contribution in [3.05, 3.63) is 47.9 Å². The van der Waals surface area contributed by atoms with Gasteiger partial charge >= 0.3 is 6.18 Å². The van der Waals surface area contributed by atoms with Gasteiger partial charge in [-0.05, 0) is 31.0 Å². The van der Waals surface area contributed by atoms with Gasteiger partial charge in [0, 0.05) is 25.0 Å². The van der Waals surface area contributed by atoms with Crippen molar-refractivity contribution >= 4 is 5.91 Å². The van der Waals surface area contributed by atoms with E-state index in [1.165, 1.54) is 6.20 Å². The van der Waals surface area contributed by atoms with Crippen molar-refractivity contribution in [1.82, 2.24) is 20.1 Å². The number of halogens is 3. The molecule has 0 radical (unpaired) electrons. The number of hydrogen-bond acceptors (Lipinski definition) is 5. The zero-order valence-corrected chi connectivity index (χ0v) is 13.1. The fraction of sp³-hybridized carbons (Fsp3) is 0.375. The van der Waals surface area contributed by atoms with Crippen LogP contribution in [0.4, 0.5) is 13.2 Å². The van der Waals surface area contributed by atoms with E-state index in [9.17, 15) is 18.0 Å². The number of hydrogen-bond donors (Lipinski definition) is 0. The maximum absolute atomic E-state index is 12.5. The second-order valence-electron chi connectivity index (χ2n) is 5.63. The van der Waals surface area contributed by atoms with Crippen LogP contribution < -0.4 is 4.74 Å². The molecule has 1 aliphatic heterocycles. The van der Waals surface area contributed by atoms with Crippen molar-refractivity contribution in [2.24, 2.45) is 0 Å². The van der Waals surface area contributed by atoms with Gasteiger partial charge in [-0.25, -0.2) is 0 Å². The maximum atomic E-state index is 12.5. The molecule has 25 heavy (non-hydrogen) atoms. The lowest BCUT2D eigenvalue weighted by Crippen LogP contribution is -2.44. The van der Waals surface area contributed by atoms with E-state index < -0.39 is 11.9 Å². The molecule has 0 aromatic carbocycles. The summed E-state index contributed by atoms with van der Waals surface area (Å²) in [7, 11) is 0. The number of carbonyl (C=O) groups excluding carboxylic acids is 1. The highest BCUT2D eigenvalue weighted by Crippen LogP contribution is 2.27. The molecule has 0 N–H and O–H groups in total.